The number of aromatic amines is 1. The molecule has 3 nitrogen and oxygen atoms in total. The van der Waals surface area contributed by atoms with Crippen LogP contribution in [0.15, 0.2) is 42.7 Å². The van der Waals surface area contributed by atoms with Crippen LogP contribution < -0.4 is 5.32 Å². The van der Waals surface area contributed by atoms with E-state index in [1.165, 1.54) is 43.2 Å². The summed E-state index contributed by atoms with van der Waals surface area (Å²) in [6.07, 6.45) is 10.7. The molecule has 0 bridgehead atoms. The van der Waals surface area contributed by atoms with E-state index in [1.807, 2.05) is 12.4 Å². The van der Waals surface area contributed by atoms with Crippen LogP contribution in [-0.2, 0) is 0 Å². The zero-order valence-electron chi connectivity index (χ0n) is 12.8. The lowest BCUT2D eigenvalue weighted by Gasteiger charge is -2.33. The lowest BCUT2D eigenvalue weighted by Crippen LogP contribution is -2.31. The molecule has 3 heteroatoms. The second-order valence-electron chi connectivity index (χ2n) is 6.21. The molecule has 3 rings (SSSR count). The highest BCUT2D eigenvalue weighted by atomic mass is 15.1. The van der Waals surface area contributed by atoms with Crippen molar-refractivity contribution in [3.63, 3.8) is 0 Å². The summed E-state index contributed by atoms with van der Waals surface area (Å²) in [4.78, 5) is 0. The molecule has 112 valence electrons. The monoisotopic (exact) mass is 283 g/mol. The maximum atomic E-state index is 4.07. The normalized spacial score (nSPS) is 19.3. The topological polar surface area (TPSA) is 40.7 Å². The fourth-order valence-corrected chi connectivity index (χ4v) is 3.50. The third kappa shape index (κ3) is 3.53. The van der Waals surface area contributed by atoms with Crippen LogP contribution in [0.2, 0.25) is 0 Å². The fraction of sp³-hybridized carbons (Fsp3) is 0.500. The molecule has 0 spiro atoms. The summed E-state index contributed by atoms with van der Waals surface area (Å²) in [5, 5.41) is 10.8. The smallest absolute Gasteiger partial charge is 0.0534 e. The van der Waals surface area contributed by atoms with Crippen molar-refractivity contribution < 1.29 is 0 Å². The molecular weight excluding hydrogens is 258 g/mol. The Balaban J connectivity index is 1.78. The van der Waals surface area contributed by atoms with E-state index in [-0.39, 0.29) is 0 Å². The Kier molecular flexibility index (Phi) is 4.71. The van der Waals surface area contributed by atoms with Crippen molar-refractivity contribution in [1.82, 2.24) is 15.5 Å². The molecule has 1 aromatic heterocycles. The first-order valence-electron chi connectivity index (χ1n) is 8.14. The minimum absolute atomic E-state index is 0.316. The van der Waals surface area contributed by atoms with Gasteiger partial charge in [0.2, 0.25) is 0 Å². The van der Waals surface area contributed by atoms with Crippen LogP contribution >= 0.6 is 0 Å². The first-order valence-corrected chi connectivity index (χ1v) is 8.14. The Morgan fingerprint density at radius 2 is 1.86 bits per heavy atom. The quantitative estimate of drug-likeness (QED) is 0.855. The molecule has 0 radical (unpaired) electrons. The minimum Gasteiger partial charge on any atom is -0.303 e. The molecule has 1 heterocycles. The molecule has 2 unspecified atom stereocenters. The summed E-state index contributed by atoms with van der Waals surface area (Å²) in [5.74, 6) is 0.746. The molecule has 1 aliphatic carbocycles. The number of H-pyrrole nitrogens is 1. The van der Waals surface area contributed by atoms with Gasteiger partial charge in [0.25, 0.3) is 0 Å². The lowest BCUT2D eigenvalue weighted by molar-refractivity contribution is 0.257. The van der Waals surface area contributed by atoms with Crippen molar-refractivity contribution in [2.75, 3.05) is 0 Å². The van der Waals surface area contributed by atoms with Gasteiger partial charge in [-0.3, -0.25) is 5.10 Å². The summed E-state index contributed by atoms with van der Waals surface area (Å²) >= 11 is 0. The standard InChI is InChI=1S/C18H25N3/c1-14(17-12-19-20-13-17)21-18(15-8-4-2-5-9-15)16-10-6-3-7-11-16/h2,4-5,8-9,12-14,16,18,21H,3,6-7,10-11H2,1H3,(H,19,20). The van der Waals surface area contributed by atoms with Crippen molar-refractivity contribution in [3.8, 4) is 0 Å². The summed E-state index contributed by atoms with van der Waals surface area (Å²) in [6.45, 7) is 2.23. The van der Waals surface area contributed by atoms with Gasteiger partial charge in [0, 0.05) is 23.8 Å². The highest BCUT2D eigenvalue weighted by molar-refractivity contribution is 5.21. The first-order chi connectivity index (χ1) is 10.3. The van der Waals surface area contributed by atoms with E-state index < -0.39 is 0 Å². The van der Waals surface area contributed by atoms with Crippen molar-refractivity contribution in [1.29, 1.82) is 0 Å². The first kappa shape index (κ1) is 14.3. The van der Waals surface area contributed by atoms with Crippen LogP contribution in [0, 0.1) is 5.92 Å². The van der Waals surface area contributed by atoms with Crippen LogP contribution in [0.3, 0.4) is 0 Å². The number of aromatic nitrogens is 2. The highest BCUT2D eigenvalue weighted by Gasteiger charge is 2.26. The maximum Gasteiger partial charge on any atom is 0.0534 e. The van der Waals surface area contributed by atoms with Crippen LogP contribution in [0.25, 0.3) is 0 Å². The van der Waals surface area contributed by atoms with Gasteiger partial charge in [-0.05, 0) is 31.2 Å². The SMILES string of the molecule is CC(NC(c1ccccc1)C1CCCCC1)c1cn[nH]c1. The predicted octanol–water partition coefficient (Wildman–Crippen LogP) is 4.38. The number of nitrogens with zero attached hydrogens (tertiary/aromatic N) is 1. The molecule has 1 saturated carbocycles. The molecule has 1 aromatic carbocycles. The van der Waals surface area contributed by atoms with E-state index in [2.05, 4.69) is 52.8 Å². The Hall–Kier alpha value is -1.61. The Bertz CT molecular complexity index is 515. The largest absolute Gasteiger partial charge is 0.303 e. The number of nitrogens with one attached hydrogen (secondary N) is 2. The molecule has 0 amide bonds. The summed E-state index contributed by atoms with van der Waals surface area (Å²) in [6, 6.07) is 11.7. The van der Waals surface area contributed by atoms with Crippen LogP contribution in [0.1, 0.15) is 62.2 Å². The summed E-state index contributed by atoms with van der Waals surface area (Å²) in [5.41, 5.74) is 2.64. The van der Waals surface area contributed by atoms with E-state index in [0.717, 1.165) is 5.92 Å². The van der Waals surface area contributed by atoms with Gasteiger partial charge in [-0.25, -0.2) is 0 Å². The van der Waals surface area contributed by atoms with Crippen molar-refractivity contribution >= 4 is 0 Å². The minimum atomic E-state index is 0.316. The highest BCUT2D eigenvalue weighted by Crippen LogP contribution is 2.35. The van der Waals surface area contributed by atoms with Crippen molar-refractivity contribution in [2.45, 2.75) is 51.1 Å². The summed E-state index contributed by atoms with van der Waals surface area (Å²) < 4.78 is 0. The van der Waals surface area contributed by atoms with Crippen LogP contribution in [0.5, 0.6) is 0 Å². The molecule has 2 N–H and O–H groups in total. The van der Waals surface area contributed by atoms with Crippen molar-refractivity contribution in [3.05, 3.63) is 53.9 Å². The van der Waals surface area contributed by atoms with E-state index in [1.54, 1.807) is 0 Å². The Morgan fingerprint density at radius 1 is 1.10 bits per heavy atom. The fourth-order valence-electron chi connectivity index (χ4n) is 3.50. The molecular formula is C18H25N3. The molecule has 1 aliphatic rings. The van der Waals surface area contributed by atoms with E-state index >= 15 is 0 Å². The Labute approximate surface area is 127 Å². The average Bonchev–Trinajstić information content (AvgIpc) is 3.09. The number of hydrogen-bond acceptors (Lipinski definition) is 2. The predicted molar refractivity (Wildman–Crippen MR) is 85.9 cm³/mol. The maximum absolute atomic E-state index is 4.07. The molecule has 2 atom stereocenters. The third-order valence-corrected chi connectivity index (χ3v) is 4.73. The van der Waals surface area contributed by atoms with Crippen LogP contribution in [-0.4, -0.2) is 10.2 Å². The number of benzene rings is 1. The van der Waals surface area contributed by atoms with Gasteiger partial charge in [0.05, 0.1) is 6.20 Å². The third-order valence-electron chi connectivity index (χ3n) is 4.73. The molecule has 21 heavy (non-hydrogen) atoms. The lowest BCUT2D eigenvalue weighted by atomic mass is 9.80. The van der Waals surface area contributed by atoms with Gasteiger partial charge >= 0.3 is 0 Å². The second-order valence-corrected chi connectivity index (χ2v) is 6.21. The van der Waals surface area contributed by atoms with Gasteiger partial charge in [0.1, 0.15) is 0 Å². The molecule has 0 aliphatic heterocycles. The average molecular weight is 283 g/mol. The number of hydrogen-bond donors (Lipinski definition) is 2. The van der Waals surface area contributed by atoms with Gasteiger partial charge in [-0.2, -0.15) is 5.10 Å². The van der Waals surface area contributed by atoms with E-state index in [0.29, 0.717) is 12.1 Å². The zero-order chi connectivity index (χ0) is 14.5. The van der Waals surface area contributed by atoms with E-state index in [4.69, 9.17) is 0 Å². The van der Waals surface area contributed by atoms with E-state index in [9.17, 15) is 0 Å². The molecule has 0 saturated heterocycles. The van der Waals surface area contributed by atoms with Gasteiger partial charge in [-0.1, -0.05) is 49.6 Å². The zero-order valence-corrected chi connectivity index (χ0v) is 12.8. The second kappa shape index (κ2) is 6.90. The van der Waals surface area contributed by atoms with Gasteiger partial charge < -0.3 is 5.32 Å². The number of rotatable bonds is 5. The Morgan fingerprint density at radius 3 is 2.52 bits per heavy atom. The molecule has 2 aromatic rings. The van der Waals surface area contributed by atoms with Gasteiger partial charge in [-0.15, -0.1) is 0 Å². The van der Waals surface area contributed by atoms with Crippen molar-refractivity contribution in [2.24, 2.45) is 5.92 Å². The summed E-state index contributed by atoms with van der Waals surface area (Å²) in [7, 11) is 0. The molecule has 1 fully saturated rings. The van der Waals surface area contributed by atoms with Gasteiger partial charge in [0.15, 0.2) is 0 Å². The van der Waals surface area contributed by atoms with Crippen LogP contribution in [0.4, 0.5) is 0 Å².